The average Bonchev–Trinajstić information content (AvgIpc) is 2.52. The van der Waals surface area contributed by atoms with Gasteiger partial charge < -0.3 is 0 Å². The second-order valence-electron chi connectivity index (χ2n) is 4.42. The van der Waals surface area contributed by atoms with Gasteiger partial charge in [0.15, 0.2) is 0 Å². The van der Waals surface area contributed by atoms with Crippen molar-refractivity contribution in [2.75, 3.05) is 0 Å². The Morgan fingerprint density at radius 1 is 1.62 bits per heavy atom. The molecular weight excluding hydrogens is 214 g/mol. The van der Waals surface area contributed by atoms with E-state index in [1.807, 2.05) is 0 Å². The minimum absolute atomic E-state index is 0.0638. The molecule has 0 saturated heterocycles. The molecule has 5 heteroatoms. The molecule has 0 radical (unpaired) electrons. The third-order valence-corrected chi connectivity index (χ3v) is 3.06. The van der Waals surface area contributed by atoms with Crippen molar-refractivity contribution in [2.24, 2.45) is 5.92 Å². The molecule has 1 saturated carbocycles. The molecule has 0 N–H and O–H groups in total. The van der Waals surface area contributed by atoms with Gasteiger partial charge in [-0.3, -0.25) is 4.57 Å². The summed E-state index contributed by atoms with van der Waals surface area (Å²) in [6.45, 7) is 1.86. The molecule has 3 nitrogen and oxygen atoms in total. The summed E-state index contributed by atoms with van der Waals surface area (Å²) in [4.78, 5) is 15.0. The normalized spacial score (nSPS) is 23.6. The van der Waals surface area contributed by atoms with E-state index in [0.29, 0.717) is 12.8 Å². The lowest BCUT2D eigenvalue weighted by Gasteiger charge is -2.19. The minimum Gasteiger partial charge on any atom is -0.298 e. The van der Waals surface area contributed by atoms with Crippen LogP contribution < -0.4 is 5.69 Å². The highest BCUT2D eigenvalue weighted by Gasteiger charge is 2.43. The zero-order valence-electron chi connectivity index (χ0n) is 9.12. The van der Waals surface area contributed by atoms with Gasteiger partial charge in [0.2, 0.25) is 0 Å². The van der Waals surface area contributed by atoms with Crippen LogP contribution in [-0.4, -0.2) is 15.5 Å². The van der Waals surface area contributed by atoms with Crippen molar-refractivity contribution in [1.29, 1.82) is 0 Å². The van der Waals surface area contributed by atoms with Crippen molar-refractivity contribution in [3.63, 3.8) is 0 Å². The zero-order valence-corrected chi connectivity index (χ0v) is 9.12. The lowest BCUT2D eigenvalue weighted by atomic mass is 10.1. The van der Waals surface area contributed by atoms with Crippen LogP contribution in [0.1, 0.15) is 24.8 Å². The van der Waals surface area contributed by atoms with E-state index in [0.717, 1.165) is 5.56 Å². The van der Waals surface area contributed by atoms with Crippen LogP contribution in [0.3, 0.4) is 0 Å². The Hall–Kier alpha value is -1.26. The number of alkyl halides is 2. The average molecular weight is 228 g/mol. The van der Waals surface area contributed by atoms with Gasteiger partial charge in [0.25, 0.3) is 5.92 Å². The Morgan fingerprint density at radius 3 is 3.00 bits per heavy atom. The molecule has 0 amide bonds. The fourth-order valence-electron chi connectivity index (χ4n) is 2.16. The van der Waals surface area contributed by atoms with Crippen molar-refractivity contribution in [1.82, 2.24) is 9.55 Å². The van der Waals surface area contributed by atoms with Crippen LogP contribution in [0.5, 0.6) is 0 Å². The predicted octanol–water partition coefficient (Wildman–Crippen LogP) is 1.99. The summed E-state index contributed by atoms with van der Waals surface area (Å²) in [5.41, 5.74) is 0.356. The van der Waals surface area contributed by atoms with Gasteiger partial charge in [-0.25, -0.2) is 18.6 Å². The van der Waals surface area contributed by atoms with Crippen molar-refractivity contribution in [2.45, 2.75) is 38.7 Å². The SMILES string of the molecule is Cc1cnc(=O)n(C[C@H]2CCCC2(F)F)c1. The minimum atomic E-state index is -2.64. The van der Waals surface area contributed by atoms with E-state index in [2.05, 4.69) is 4.98 Å². The first-order valence-electron chi connectivity index (χ1n) is 5.40. The summed E-state index contributed by atoms with van der Waals surface area (Å²) >= 11 is 0. The number of aromatic nitrogens is 2. The first-order valence-corrected chi connectivity index (χ1v) is 5.40. The maximum atomic E-state index is 13.4. The monoisotopic (exact) mass is 228 g/mol. The van der Waals surface area contributed by atoms with Crippen LogP contribution >= 0.6 is 0 Å². The zero-order chi connectivity index (χ0) is 11.8. The lowest BCUT2D eigenvalue weighted by Crippen LogP contribution is -2.31. The van der Waals surface area contributed by atoms with Gasteiger partial charge in [-0.15, -0.1) is 0 Å². The quantitative estimate of drug-likeness (QED) is 0.775. The number of rotatable bonds is 2. The summed E-state index contributed by atoms with van der Waals surface area (Å²) in [6.07, 6.45) is 3.99. The first kappa shape index (κ1) is 11.2. The molecule has 1 fully saturated rings. The number of halogens is 2. The summed E-state index contributed by atoms with van der Waals surface area (Å²) in [5, 5.41) is 0. The van der Waals surface area contributed by atoms with Gasteiger partial charge >= 0.3 is 5.69 Å². The maximum absolute atomic E-state index is 13.4. The summed E-state index contributed by atoms with van der Waals surface area (Å²) < 4.78 is 28.1. The van der Waals surface area contributed by atoms with E-state index >= 15 is 0 Å². The number of nitrogens with zero attached hydrogens (tertiary/aromatic N) is 2. The van der Waals surface area contributed by atoms with Crippen LogP contribution in [0.4, 0.5) is 8.78 Å². The van der Waals surface area contributed by atoms with Gasteiger partial charge in [-0.05, 0) is 25.3 Å². The fourth-order valence-corrected chi connectivity index (χ4v) is 2.16. The second kappa shape index (κ2) is 3.96. The van der Waals surface area contributed by atoms with Crippen LogP contribution in [0.15, 0.2) is 17.2 Å². The molecule has 0 bridgehead atoms. The largest absolute Gasteiger partial charge is 0.347 e. The van der Waals surface area contributed by atoms with Gasteiger partial charge in [-0.2, -0.15) is 0 Å². The molecule has 1 aromatic rings. The molecule has 0 aromatic carbocycles. The van der Waals surface area contributed by atoms with Crippen LogP contribution in [0.25, 0.3) is 0 Å². The molecule has 16 heavy (non-hydrogen) atoms. The Labute approximate surface area is 92.1 Å². The molecule has 2 rings (SSSR count). The molecule has 88 valence electrons. The van der Waals surface area contributed by atoms with Gasteiger partial charge in [-0.1, -0.05) is 0 Å². The highest BCUT2D eigenvalue weighted by Crippen LogP contribution is 2.40. The highest BCUT2D eigenvalue weighted by molar-refractivity contribution is 5.00. The van der Waals surface area contributed by atoms with Crippen LogP contribution in [0.2, 0.25) is 0 Å². The van der Waals surface area contributed by atoms with Crippen LogP contribution in [-0.2, 0) is 6.54 Å². The molecule has 1 heterocycles. The fraction of sp³-hybridized carbons (Fsp3) is 0.636. The molecule has 1 atom stereocenters. The van der Waals surface area contributed by atoms with Gasteiger partial charge in [0.05, 0.1) is 0 Å². The number of hydrogen-bond acceptors (Lipinski definition) is 2. The smallest absolute Gasteiger partial charge is 0.298 e. The number of aryl methyl sites for hydroxylation is 1. The van der Waals surface area contributed by atoms with Crippen molar-refractivity contribution >= 4 is 0 Å². The third-order valence-electron chi connectivity index (χ3n) is 3.06. The van der Waals surface area contributed by atoms with E-state index in [9.17, 15) is 13.6 Å². The molecule has 1 aromatic heterocycles. The summed E-state index contributed by atoms with van der Waals surface area (Å²) in [7, 11) is 0. The van der Waals surface area contributed by atoms with E-state index < -0.39 is 17.5 Å². The van der Waals surface area contributed by atoms with Crippen molar-refractivity contribution in [3.8, 4) is 0 Å². The molecule has 1 aliphatic carbocycles. The lowest BCUT2D eigenvalue weighted by molar-refractivity contribution is -0.0426. The Bertz CT molecular complexity index is 442. The molecule has 0 unspecified atom stereocenters. The first-order chi connectivity index (χ1) is 7.49. The Morgan fingerprint density at radius 2 is 2.38 bits per heavy atom. The van der Waals surface area contributed by atoms with Crippen LogP contribution in [0, 0.1) is 12.8 Å². The van der Waals surface area contributed by atoms with Gasteiger partial charge in [0.1, 0.15) is 0 Å². The predicted molar refractivity (Wildman–Crippen MR) is 55.5 cm³/mol. The number of hydrogen-bond donors (Lipinski definition) is 0. The second-order valence-corrected chi connectivity index (χ2v) is 4.42. The maximum Gasteiger partial charge on any atom is 0.347 e. The summed E-state index contributed by atoms with van der Waals surface area (Å²) in [6, 6.07) is 0. The topological polar surface area (TPSA) is 34.9 Å². The molecule has 0 aliphatic heterocycles. The summed E-state index contributed by atoms with van der Waals surface area (Å²) in [5.74, 6) is -3.36. The molecular formula is C11H14F2N2O. The molecule has 1 aliphatic rings. The highest BCUT2D eigenvalue weighted by atomic mass is 19.3. The van der Waals surface area contributed by atoms with E-state index in [1.54, 1.807) is 13.1 Å². The van der Waals surface area contributed by atoms with E-state index in [1.165, 1.54) is 10.8 Å². The van der Waals surface area contributed by atoms with Crippen molar-refractivity contribution < 1.29 is 8.78 Å². The van der Waals surface area contributed by atoms with Crippen molar-refractivity contribution in [3.05, 3.63) is 28.4 Å². The Kier molecular flexibility index (Phi) is 2.78. The van der Waals surface area contributed by atoms with Gasteiger partial charge in [0, 0.05) is 31.3 Å². The third kappa shape index (κ3) is 2.13. The van der Waals surface area contributed by atoms with E-state index in [4.69, 9.17) is 0 Å². The molecule has 0 spiro atoms. The standard InChI is InChI=1S/C11H14F2N2O/c1-8-5-14-10(16)15(6-8)7-9-3-2-4-11(9,12)13/h5-6,9H,2-4,7H2,1H3/t9-/m1/s1. The van der Waals surface area contributed by atoms with E-state index in [-0.39, 0.29) is 13.0 Å². The Balaban J connectivity index is 2.21.